The summed E-state index contributed by atoms with van der Waals surface area (Å²) in [6.07, 6.45) is -0.768. The van der Waals surface area contributed by atoms with Crippen LogP contribution < -0.4 is 10.6 Å². The predicted octanol–water partition coefficient (Wildman–Crippen LogP) is -0.0486. The number of methoxy groups -OCH3 is 1. The number of ether oxygens (including phenoxy) is 2. The normalized spacial score (nSPS) is 12.7. The summed E-state index contributed by atoms with van der Waals surface area (Å²) in [7, 11) is 1.14. The van der Waals surface area contributed by atoms with E-state index in [1.807, 2.05) is 18.2 Å². The van der Waals surface area contributed by atoms with Gasteiger partial charge in [-0.05, 0) is 12.5 Å². The molecule has 0 aliphatic carbocycles. The van der Waals surface area contributed by atoms with Gasteiger partial charge in [0.1, 0.15) is 12.6 Å². The van der Waals surface area contributed by atoms with Crippen LogP contribution in [0.3, 0.4) is 0 Å². The number of carbonyl (C=O) groups is 3. The third kappa shape index (κ3) is 6.35. The molecule has 8 nitrogen and oxygen atoms in total. The van der Waals surface area contributed by atoms with E-state index >= 15 is 0 Å². The van der Waals surface area contributed by atoms with Crippen molar-refractivity contribution in [1.82, 2.24) is 10.6 Å². The van der Waals surface area contributed by atoms with E-state index in [-0.39, 0.29) is 6.61 Å². The first kappa shape index (κ1) is 18.4. The Kier molecular flexibility index (Phi) is 7.55. The minimum Gasteiger partial charge on any atom is -0.467 e. The first-order chi connectivity index (χ1) is 11.0. The van der Waals surface area contributed by atoms with Crippen LogP contribution in [0.4, 0.5) is 4.79 Å². The second kappa shape index (κ2) is 9.42. The number of aliphatic hydroxyl groups excluding tert-OH is 1. The Balaban J connectivity index is 2.41. The smallest absolute Gasteiger partial charge is 0.408 e. The summed E-state index contributed by atoms with van der Waals surface area (Å²) >= 11 is 0. The molecule has 0 saturated carbocycles. The van der Waals surface area contributed by atoms with Gasteiger partial charge >= 0.3 is 12.1 Å². The zero-order valence-corrected chi connectivity index (χ0v) is 12.9. The summed E-state index contributed by atoms with van der Waals surface area (Å²) in [5, 5.41) is 13.6. The molecule has 0 heterocycles. The molecule has 1 aromatic carbocycles. The lowest BCUT2D eigenvalue weighted by molar-refractivity contribution is -0.146. The van der Waals surface area contributed by atoms with Gasteiger partial charge in [-0.25, -0.2) is 9.59 Å². The Morgan fingerprint density at radius 2 is 1.83 bits per heavy atom. The van der Waals surface area contributed by atoms with Crippen molar-refractivity contribution in [2.45, 2.75) is 25.6 Å². The van der Waals surface area contributed by atoms with Gasteiger partial charge in [0.2, 0.25) is 5.91 Å². The predicted molar refractivity (Wildman–Crippen MR) is 80.3 cm³/mol. The molecule has 0 aromatic heterocycles. The quantitative estimate of drug-likeness (QED) is 0.606. The van der Waals surface area contributed by atoms with Crippen molar-refractivity contribution in [3.8, 4) is 0 Å². The Bertz CT molecular complexity index is 534. The molecule has 2 atom stereocenters. The maximum absolute atomic E-state index is 11.8. The third-order valence-electron chi connectivity index (χ3n) is 2.93. The van der Waals surface area contributed by atoms with E-state index in [9.17, 15) is 14.4 Å². The molecule has 0 saturated heterocycles. The third-order valence-corrected chi connectivity index (χ3v) is 2.93. The van der Waals surface area contributed by atoms with Crippen molar-refractivity contribution in [2.75, 3.05) is 13.7 Å². The lowest BCUT2D eigenvalue weighted by Gasteiger charge is -2.18. The van der Waals surface area contributed by atoms with Gasteiger partial charge in [0, 0.05) is 0 Å². The van der Waals surface area contributed by atoms with Crippen LogP contribution in [0.25, 0.3) is 0 Å². The maximum atomic E-state index is 11.8. The molecular formula is C15H20N2O6. The molecule has 3 N–H and O–H groups in total. The van der Waals surface area contributed by atoms with Crippen LogP contribution in [-0.2, 0) is 25.7 Å². The van der Waals surface area contributed by atoms with E-state index in [0.717, 1.165) is 12.7 Å². The fourth-order valence-electron chi connectivity index (χ4n) is 1.63. The molecule has 0 aliphatic rings. The summed E-state index contributed by atoms with van der Waals surface area (Å²) in [6, 6.07) is 6.93. The van der Waals surface area contributed by atoms with Gasteiger partial charge in [-0.1, -0.05) is 30.3 Å². The number of nitrogens with one attached hydrogen (secondary N) is 2. The standard InChI is InChI=1S/C15H20N2O6/c1-10(13(19)17-12(8-18)14(20)22-2)16-15(21)23-9-11-6-4-3-5-7-11/h3-7,10,12,18H,8-9H2,1-2H3,(H,16,21)(H,17,19)/t10-,12+/m0/s1. The summed E-state index contributed by atoms with van der Waals surface area (Å²) < 4.78 is 9.40. The van der Waals surface area contributed by atoms with Gasteiger partial charge in [0.25, 0.3) is 0 Å². The summed E-state index contributed by atoms with van der Waals surface area (Å²) in [5.41, 5.74) is 0.811. The van der Waals surface area contributed by atoms with Crippen LogP contribution in [-0.4, -0.2) is 48.9 Å². The zero-order valence-electron chi connectivity index (χ0n) is 12.9. The van der Waals surface area contributed by atoms with Gasteiger partial charge < -0.3 is 25.2 Å². The van der Waals surface area contributed by atoms with Gasteiger partial charge in [0.05, 0.1) is 13.7 Å². The van der Waals surface area contributed by atoms with E-state index in [0.29, 0.717) is 0 Å². The Morgan fingerprint density at radius 3 is 2.39 bits per heavy atom. The molecule has 1 rings (SSSR count). The largest absolute Gasteiger partial charge is 0.467 e. The van der Waals surface area contributed by atoms with Crippen LogP contribution in [0.2, 0.25) is 0 Å². The highest BCUT2D eigenvalue weighted by Gasteiger charge is 2.24. The van der Waals surface area contributed by atoms with Gasteiger partial charge in [-0.2, -0.15) is 0 Å². The SMILES string of the molecule is COC(=O)[C@@H](CO)NC(=O)[C@H](C)NC(=O)OCc1ccccc1. The number of hydrogen-bond donors (Lipinski definition) is 3. The van der Waals surface area contributed by atoms with Gasteiger partial charge in [-0.3, -0.25) is 4.79 Å². The monoisotopic (exact) mass is 324 g/mol. The highest BCUT2D eigenvalue weighted by atomic mass is 16.5. The minimum absolute atomic E-state index is 0.0719. The van der Waals surface area contributed by atoms with Crippen LogP contribution in [0.5, 0.6) is 0 Å². The van der Waals surface area contributed by atoms with Gasteiger partial charge in [0.15, 0.2) is 6.04 Å². The number of amides is 2. The second-order valence-electron chi connectivity index (χ2n) is 4.69. The second-order valence-corrected chi connectivity index (χ2v) is 4.69. The van der Waals surface area contributed by atoms with Crippen molar-refractivity contribution in [1.29, 1.82) is 0 Å². The first-order valence-corrected chi connectivity index (χ1v) is 6.94. The summed E-state index contributed by atoms with van der Waals surface area (Å²) in [6.45, 7) is 0.886. The minimum atomic E-state index is -1.18. The van der Waals surface area contributed by atoms with Gasteiger partial charge in [-0.15, -0.1) is 0 Å². The molecular weight excluding hydrogens is 304 g/mol. The van der Waals surface area contributed by atoms with Crippen LogP contribution in [0, 0.1) is 0 Å². The van der Waals surface area contributed by atoms with Crippen LogP contribution >= 0.6 is 0 Å². The first-order valence-electron chi connectivity index (χ1n) is 6.94. The van der Waals surface area contributed by atoms with Crippen LogP contribution in [0.15, 0.2) is 30.3 Å². The topological polar surface area (TPSA) is 114 Å². The van der Waals surface area contributed by atoms with Crippen molar-refractivity contribution in [3.05, 3.63) is 35.9 Å². The van der Waals surface area contributed by atoms with Crippen molar-refractivity contribution < 1.29 is 29.0 Å². The molecule has 0 radical (unpaired) electrons. The Hall–Kier alpha value is -2.61. The van der Waals surface area contributed by atoms with E-state index in [2.05, 4.69) is 15.4 Å². The van der Waals surface area contributed by atoms with E-state index in [1.165, 1.54) is 6.92 Å². The highest BCUT2D eigenvalue weighted by molar-refractivity contribution is 5.89. The zero-order chi connectivity index (χ0) is 17.2. The number of benzene rings is 1. The molecule has 0 aliphatic heterocycles. The number of hydrogen-bond acceptors (Lipinski definition) is 6. The fraction of sp³-hybridized carbons (Fsp3) is 0.400. The van der Waals surface area contributed by atoms with Crippen LogP contribution in [0.1, 0.15) is 12.5 Å². The highest BCUT2D eigenvalue weighted by Crippen LogP contribution is 2.00. The molecule has 23 heavy (non-hydrogen) atoms. The number of aliphatic hydroxyl groups is 1. The summed E-state index contributed by atoms with van der Waals surface area (Å²) in [5.74, 6) is -1.43. The Labute approximate surface area is 133 Å². The molecule has 0 fully saturated rings. The van der Waals surface area contributed by atoms with E-state index in [1.54, 1.807) is 12.1 Å². The van der Waals surface area contributed by atoms with Crippen molar-refractivity contribution in [3.63, 3.8) is 0 Å². The van der Waals surface area contributed by atoms with Crippen molar-refractivity contribution >= 4 is 18.0 Å². The summed E-state index contributed by atoms with van der Waals surface area (Å²) in [4.78, 5) is 34.7. The van der Waals surface area contributed by atoms with E-state index < -0.39 is 36.7 Å². The number of esters is 1. The number of rotatable bonds is 7. The van der Waals surface area contributed by atoms with E-state index in [4.69, 9.17) is 9.84 Å². The fourth-order valence-corrected chi connectivity index (χ4v) is 1.63. The molecule has 0 bridgehead atoms. The maximum Gasteiger partial charge on any atom is 0.408 e. The molecule has 1 aromatic rings. The lowest BCUT2D eigenvalue weighted by Crippen LogP contribution is -2.51. The molecule has 126 valence electrons. The van der Waals surface area contributed by atoms with Crippen molar-refractivity contribution in [2.24, 2.45) is 0 Å². The average molecular weight is 324 g/mol. The lowest BCUT2D eigenvalue weighted by atomic mass is 10.2. The molecule has 2 amide bonds. The number of carbonyl (C=O) groups excluding carboxylic acids is 3. The molecule has 0 spiro atoms. The molecule has 8 heteroatoms. The Morgan fingerprint density at radius 1 is 1.17 bits per heavy atom. The molecule has 0 unspecified atom stereocenters. The average Bonchev–Trinajstić information content (AvgIpc) is 2.57. The number of alkyl carbamates (subject to hydrolysis) is 1.